The second-order valence-corrected chi connectivity index (χ2v) is 8.37. The maximum atomic E-state index is 12.9. The van der Waals surface area contributed by atoms with Crippen molar-refractivity contribution in [3.05, 3.63) is 65.5 Å². The summed E-state index contributed by atoms with van der Waals surface area (Å²) in [5, 5.41) is 0. The topological polar surface area (TPSA) is 80.8 Å². The summed E-state index contributed by atoms with van der Waals surface area (Å²) in [5.74, 6) is -1.89. The third-order valence-corrected chi connectivity index (χ3v) is 6.50. The first-order valence-electron chi connectivity index (χ1n) is 8.94. The predicted octanol–water partition coefficient (Wildman–Crippen LogP) is 3.04. The summed E-state index contributed by atoms with van der Waals surface area (Å²) < 4.78 is 45.2. The molecule has 0 saturated carbocycles. The minimum atomic E-state index is -3.83. The minimum Gasteiger partial charge on any atom is -0.454 e. The van der Waals surface area contributed by atoms with Gasteiger partial charge in [-0.25, -0.2) is 17.6 Å². The molecule has 6 nitrogen and oxygen atoms in total. The van der Waals surface area contributed by atoms with Crippen molar-refractivity contribution in [3.63, 3.8) is 0 Å². The van der Waals surface area contributed by atoms with Crippen LogP contribution in [-0.4, -0.2) is 44.2 Å². The van der Waals surface area contributed by atoms with Gasteiger partial charge in [-0.3, -0.25) is 4.79 Å². The third kappa shape index (κ3) is 4.45. The van der Waals surface area contributed by atoms with Crippen LogP contribution < -0.4 is 0 Å². The molecule has 1 aliphatic rings. The molecule has 1 saturated heterocycles. The Balaban J connectivity index is 1.75. The van der Waals surface area contributed by atoms with Crippen molar-refractivity contribution in [2.45, 2.75) is 24.2 Å². The molecule has 0 N–H and O–H groups in total. The highest BCUT2D eigenvalue weighted by atomic mass is 32.2. The Morgan fingerprint density at radius 2 is 1.61 bits per heavy atom. The summed E-state index contributed by atoms with van der Waals surface area (Å²) in [4.78, 5) is 24.4. The number of sulfonamides is 1. The lowest BCUT2D eigenvalue weighted by atomic mass is 10.1. The van der Waals surface area contributed by atoms with Crippen molar-refractivity contribution < 1.29 is 27.1 Å². The number of rotatable bonds is 6. The molecular formula is C20H20FNO5S. The lowest BCUT2D eigenvalue weighted by Crippen LogP contribution is -2.36. The molecule has 8 heteroatoms. The van der Waals surface area contributed by atoms with Crippen molar-refractivity contribution in [2.24, 2.45) is 0 Å². The quantitative estimate of drug-likeness (QED) is 0.545. The number of hydrogen-bond acceptors (Lipinski definition) is 5. The molecule has 3 rings (SSSR count). The Bertz CT molecular complexity index is 966. The number of benzene rings is 2. The van der Waals surface area contributed by atoms with E-state index in [0.717, 1.165) is 31.4 Å². The summed E-state index contributed by atoms with van der Waals surface area (Å²) in [5.41, 5.74) is 0.0865. The van der Waals surface area contributed by atoms with Crippen LogP contribution in [0.4, 0.5) is 4.39 Å². The van der Waals surface area contributed by atoms with Crippen LogP contribution in [0.25, 0.3) is 0 Å². The molecule has 0 spiro atoms. The van der Waals surface area contributed by atoms with Gasteiger partial charge in [-0.15, -0.1) is 0 Å². The molecule has 0 atom stereocenters. The van der Waals surface area contributed by atoms with Crippen LogP contribution in [0, 0.1) is 5.82 Å². The highest BCUT2D eigenvalue weighted by Crippen LogP contribution is 2.24. The van der Waals surface area contributed by atoms with Gasteiger partial charge < -0.3 is 4.74 Å². The SMILES string of the molecule is O=C(COC(=O)c1ccccc1S(=O)(=O)N1CCCCC1)c1ccc(F)cc1. The van der Waals surface area contributed by atoms with E-state index in [0.29, 0.717) is 13.1 Å². The van der Waals surface area contributed by atoms with Gasteiger partial charge in [0, 0.05) is 18.7 Å². The predicted molar refractivity (Wildman–Crippen MR) is 100 cm³/mol. The number of Topliss-reactive ketones (excluding diaryl/α,β-unsaturated/α-hetero) is 1. The number of hydrogen-bond donors (Lipinski definition) is 0. The number of ether oxygens (including phenoxy) is 1. The van der Waals surface area contributed by atoms with E-state index in [9.17, 15) is 22.4 Å². The molecule has 2 aromatic carbocycles. The van der Waals surface area contributed by atoms with Gasteiger partial charge >= 0.3 is 5.97 Å². The largest absolute Gasteiger partial charge is 0.454 e. The maximum absolute atomic E-state index is 12.9. The van der Waals surface area contributed by atoms with Crippen molar-refractivity contribution in [1.29, 1.82) is 0 Å². The van der Waals surface area contributed by atoms with E-state index in [2.05, 4.69) is 0 Å². The summed E-state index contributed by atoms with van der Waals surface area (Å²) >= 11 is 0. The standard InChI is InChI=1S/C20H20FNO5S/c21-16-10-8-15(9-11-16)18(23)14-27-20(24)17-6-2-3-7-19(17)28(25,26)22-12-4-1-5-13-22/h2-3,6-11H,1,4-5,12-14H2. The van der Waals surface area contributed by atoms with E-state index in [-0.39, 0.29) is 16.0 Å². The molecule has 0 amide bonds. The molecule has 1 heterocycles. The molecule has 2 aromatic rings. The molecule has 0 aromatic heterocycles. The second kappa shape index (κ2) is 8.62. The minimum absolute atomic E-state index is 0.111. The molecular weight excluding hydrogens is 385 g/mol. The lowest BCUT2D eigenvalue weighted by molar-refractivity contribution is 0.0470. The number of carbonyl (C=O) groups is 2. The van der Waals surface area contributed by atoms with Crippen LogP contribution in [0.2, 0.25) is 0 Å². The number of ketones is 1. The molecule has 0 aliphatic carbocycles. The smallest absolute Gasteiger partial charge is 0.339 e. The van der Waals surface area contributed by atoms with Crippen LogP contribution in [0.3, 0.4) is 0 Å². The number of halogens is 1. The summed E-state index contributed by atoms with van der Waals surface area (Å²) in [7, 11) is -3.83. The van der Waals surface area contributed by atoms with Crippen LogP contribution in [0.1, 0.15) is 40.0 Å². The zero-order valence-corrected chi connectivity index (χ0v) is 16.0. The van der Waals surface area contributed by atoms with Gasteiger partial charge in [0.15, 0.2) is 12.4 Å². The van der Waals surface area contributed by atoms with E-state index < -0.39 is 34.2 Å². The zero-order valence-electron chi connectivity index (χ0n) is 15.1. The fourth-order valence-electron chi connectivity index (χ4n) is 3.03. The van der Waals surface area contributed by atoms with E-state index in [1.54, 1.807) is 0 Å². The summed E-state index contributed by atoms with van der Waals surface area (Å²) in [6.07, 6.45) is 2.53. The molecule has 0 bridgehead atoms. The van der Waals surface area contributed by atoms with Crippen molar-refractivity contribution >= 4 is 21.8 Å². The van der Waals surface area contributed by atoms with Crippen molar-refractivity contribution in [1.82, 2.24) is 4.31 Å². The van der Waals surface area contributed by atoms with Gasteiger partial charge in [0.1, 0.15) is 5.82 Å². The molecule has 0 radical (unpaired) electrons. The highest BCUT2D eigenvalue weighted by Gasteiger charge is 2.30. The zero-order chi connectivity index (χ0) is 20.1. The number of piperidine rings is 1. The van der Waals surface area contributed by atoms with E-state index in [1.807, 2.05) is 0 Å². The third-order valence-electron chi connectivity index (χ3n) is 4.54. The number of nitrogens with zero attached hydrogens (tertiary/aromatic N) is 1. The van der Waals surface area contributed by atoms with Gasteiger partial charge in [0.25, 0.3) is 0 Å². The molecule has 1 fully saturated rings. The van der Waals surface area contributed by atoms with Crippen LogP contribution in [-0.2, 0) is 14.8 Å². The average Bonchev–Trinajstić information content (AvgIpc) is 2.73. The highest BCUT2D eigenvalue weighted by molar-refractivity contribution is 7.89. The van der Waals surface area contributed by atoms with Gasteiger partial charge in [0.2, 0.25) is 10.0 Å². The number of esters is 1. The van der Waals surface area contributed by atoms with E-state index in [1.165, 1.54) is 40.7 Å². The van der Waals surface area contributed by atoms with Gasteiger partial charge in [0.05, 0.1) is 10.5 Å². The average molecular weight is 405 g/mol. The Morgan fingerprint density at radius 1 is 0.964 bits per heavy atom. The Morgan fingerprint density at radius 3 is 2.29 bits per heavy atom. The van der Waals surface area contributed by atoms with Gasteiger partial charge in [-0.1, -0.05) is 18.6 Å². The number of carbonyl (C=O) groups excluding carboxylic acids is 2. The fourth-order valence-corrected chi connectivity index (χ4v) is 4.73. The molecule has 1 aliphatic heterocycles. The van der Waals surface area contributed by atoms with Crippen molar-refractivity contribution in [2.75, 3.05) is 19.7 Å². The Labute approximate surface area is 163 Å². The molecule has 0 unspecified atom stereocenters. The van der Waals surface area contributed by atoms with E-state index in [4.69, 9.17) is 4.74 Å². The maximum Gasteiger partial charge on any atom is 0.339 e. The van der Waals surface area contributed by atoms with Gasteiger partial charge in [-0.05, 0) is 49.2 Å². The fraction of sp³-hybridized carbons (Fsp3) is 0.300. The lowest BCUT2D eigenvalue weighted by Gasteiger charge is -2.26. The summed E-state index contributed by atoms with van der Waals surface area (Å²) in [6, 6.07) is 10.7. The van der Waals surface area contributed by atoms with Crippen LogP contribution in [0.15, 0.2) is 53.4 Å². The Hall–Kier alpha value is -2.58. The molecule has 148 valence electrons. The van der Waals surface area contributed by atoms with E-state index >= 15 is 0 Å². The van der Waals surface area contributed by atoms with Gasteiger partial charge in [-0.2, -0.15) is 4.31 Å². The van der Waals surface area contributed by atoms with Crippen LogP contribution in [0.5, 0.6) is 0 Å². The second-order valence-electron chi connectivity index (χ2n) is 6.47. The Kier molecular flexibility index (Phi) is 6.21. The first kappa shape index (κ1) is 20.2. The monoisotopic (exact) mass is 405 g/mol. The first-order valence-corrected chi connectivity index (χ1v) is 10.4. The molecule has 28 heavy (non-hydrogen) atoms. The first-order chi connectivity index (χ1) is 13.4. The van der Waals surface area contributed by atoms with Crippen molar-refractivity contribution in [3.8, 4) is 0 Å². The normalized spacial score (nSPS) is 15.2. The van der Waals surface area contributed by atoms with Crippen LogP contribution >= 0.6 is 0 Å². The summed E-state index contributed by atoms with van der Waals surface area (Å²) in [6.45, 7) is 0.256.